The number of benzene rings is 1. The summed E-state index contributed by atoms with van der Waals surface area (Å²) >= 11 is 0. The first-order chi connectivity index (χ1) is 14.3. The van der Waals surface area contributed by atoms with Crippen LogP contribution in [0.25, 0.3) is 0 Å². The van der Waals surface area contributed by atoms with Crippen molar-refractivity contribution in [1.29, 1.82) is 0 Å². The lowest BCUT2D eigenvalue weighted by Crippen LogP contribution is -2.51. The van der Waals surface area contributed by atoms with Crippen LogP contribution in [0.5, 0.6) is 0 Å². The van der Waals surface area contributed by atoms with E-state index >= 15 is 0 Å². The molecule has 0 radical (unpaired) electrons. The number of hydrogen-bond donors (Lipinski definition) is 0. The van der Waals surface area contributed by atoms with Gasteiger partial charge in [-0.25, -0.2) is 17.2 Å². The first kappa shape index (κ1) is 23.1. The summed E-state index contributed by atoms with van der Waals surface area (Å²) in [7, 11) is -4.04. The van der Waals surface area contributed by atoms with E-state index in [0.29, 0.717) is 38.7 Å². The van der Waals surface area contributed by atoms with Crippen LogP contribution in [0.15, 0.2) is 23.1 Å². The van der Waals surface area contributed by atoms with Gasteiger partial charge in [0, 0.05) is 58.3 Å². The Balaban J connectivity index is 1.65. The highest BCUT2D eigenvalue weighted by Crippen LogP contribution is 2.24. The maximum atomic E-state index is 13.5. The SMILES string of the molecule is CC(=O)N(CCCN1CCOCC1)C1CCCN(S(=O)(=O)c2cc(F)cc(F)c2)C1. The summed E-state index contributed by atoms with van der Waals surface area (Å²) in [6.45, 7) is 6.45. The van der Waals surface area contributed by atoms with Gasteiger partial charge in [-0.15, -0.1) is 0 Å². The number of halogens is 2. The van der Waals surface area contributed by atoms with E-state index in [-0.39, 0.29) is 25.0 Å². The van der Waals surface area contributed by atoms with Gasteiger partial charge < -0.3 is 9.64 Å². The standard InChI is InChI=1S/C20H29F2N3O4S/c1-16(26)25(7-3-5-23-8-10-29-11-9-23)19-4-2-6-24(15-19)30(27,28)20-13-17(21)12-18(22)14-20/h12-14,19H,2-11,15H2,1H3. The molecule has 0 aliphatic carbocycles. The van der Waals surface area contributed by atoms with Crippen LogP contribution >= 0.6 is 0 Å². The summed E-state index contributed by atoms with van der Waals surface area (Å²) in [5.74, 6) is -1.97. The summed E-state index contributed by atoms with van der Waals surface area (Å²) in [5, 5.41) is 0. The highest BCUT2D eigenvalue weighted by atomic mass is 32.2. The van der Waals surface area contributed by atoms with Crippen molar-refractivity contribution in [3.8, 4) is 0 Å². The zero-order valence-electron chi connectivity index (χ0n) is 17.2. The van der Waals surface area contributed by atoms with Crippen LogP contribution in [0.2, 0.25) is 0 Å². The average molecular weight is 446 g/mol. The summed E-state index contributed by atoms with van der Waals surface area (Å²) in [4.78, 5) is 15.9. The predicted octanol–water partition coefficient (Wildman–Crippen LogP) is 1.69. The Morgan fingerprint density at radius 1 is 1.17 bits per heavy atom. The molecule has 0 aromatic heterocycles. The van der Waals surface area contributed by atoms with Crippen molar-refractivity contribution in [2.75, 3.05) is 52.5 Å². The fourth-order valence-corrected chi connectivity index (χ4v) is 5.67. The molecule has 0 saturated carbocycles. The molecule has 1 amide bonds. The Morgan fingerprint density at radius 3 is 2.47 bits per heavy atom. The smallest absolute Gasteiger partial charge is 0.243 e. The molecule has 2 heterocycles. The van der Waals surface area contributed by atoms with Gasteiger partial charge in [0.05, 0.1) is 18.1 Å². The molecule has 10 heteroatoms. The fraction of sp³-hybridized carbons (Fsp3) is 0.650. The highest BCUT2D eigenvalue weighted by Gasteiger charge is 2.34. The second kappa shape index (κ2) is 10.1. The van der Waals surface area contributed by atoms with Crippen LogP contribution in [0.3, 0.4) is 0 Å². The van der Waals surface area contributed by atoms with Gasteiger partial charge >= 0.3 is 0 Å². The molecule has 7 nitrogen and oxygen atoms in total. The van der Waals surface area contributed by atoms with Gasteiger partial charge in [0.1, 0.15) is 11.6 Å². The van der Waals surface area contributed by atoms with E-state index in [1.807, 2.05) is 0 Å². The van der Waals surface area contributed by atoms with E-state index in [2.05, 4.69) is 4.90 Å². The minimum absolute atomic E-state index is 0.0991. The number of sulfonamides is 1. The lowest BCUT2D eigenvalue weighted by Gasteiger charge is -2.39. The Bertz CT molecular complexity index is 826. The van der Waals surface area contributed by atoms with Crippen molar-refractivity contribution in [2.24, 2.45) is 0 Å². The number of nitrogens with zero attached hydrogens (tertiary/aromatic N) is 3. The number of hydrogen-bond acceptors (Lipinski definition) is 5. The van der Waals surface area contributed by atoms with Gasteiger partial charge in [0.25, 0.3) is 0 Å². The van der Waals surface area contributed by atoms with Gasteiger partial charge in [0.2, 0.25) is 15.9 Å². The summed E-state index contributed by atoms with van der Waals surface area (Å²) in [6.07, 6.45) is 2.06. The molecular weight excluding hydrogens is 416 g/mol. The van der Waals surface area contributed by atoms with Crippen LogP contribution in [0.4, 0.5) is 8.78 Å². The summed E-state index contributed by atoms with van der Waals surface area (Å²) in [5.41, 5.74) is 0. The third kappa shape index (κ3) is 5.75. The molecule has 1 unspecified atom stereocenters. The van der Waals surface area contributed by atoms with Gasteiger partial charge in [0.15, 0.2) is 0 Å². The van der Waals surface area contributed by atoms with Crippen molar-refractivity contribution >= 4 is 15.9 Å². The molecule has 1 aromatic rings. The van der Waals surface area contributed by atoms with Crippen molar-refractivity contribution < 1.29 is 26.7 Å². The predicted molar refractivity (Wildman–Crippen MR) is 107 cm³/mol. The van der Waals surface area contributed by atoms with Crippen molar-refractivity contribution in [3.05, 3.63) is 29.8 Å². The third-order valence-corrected chi connectivity index (χ3v) is 7.50. The first-order valence-electron chi connectivity index (χ1n) is 10.3. The topological polar surface area (TPSA) is 70.2 Å². The molecule has 1 atom stereocenters. The molecule has 0 spiro atoms. The molecular formula is C20H29F2N3O4S. The molecule has 168 valence electrons. The van der Waals surface area contributed by atoms with Gasteiger partial charge in [-0.3, -0.25) is 9.69 Å². The number of piperidine rings is 1. The largest absolute Gasteiger partial charge is 0.379 e. The summed E-state index contributed by atoms with van der Waals surface area (Å²) in [6, 6.07) is 2.04. The van der Waals surface area contributed by atoms with E-state index < -0.39 is 26.6 Å². The normalized spacial score (nSPS) is 21.5. The fourth-order valence-electron chi connectivity index (χ4n) is 4.11. The van der Waals surface area contributed by atoms with Crippen molar-refractivity contribution in [1.82, 2.24) is 14.1 Å². The van der Waals surface area contributed by atoms with E-state index in [4.69, 9.17) is 4.74 Å². The Labute approximate surface area is 176 Å². The molecule has 2 aliphatic rings. The number of carbonyl (C=O) groups excluding carboxylic acids is 1. The van der Waals surface area contributed by atoms with Crippen molar-refractivity contribution in [3.63, 3.8) is 0 Å². The molecule has 1 aromatic carbocycles. The van der Waals surface area contributed by atoms with Crippen LogP contribution in [0.1, 0.15) is 26.2 Å². The quantitative estimate of drug-likeness (QED) is 0.639. The van der Waals surface area contributed by atoms with E-state index in [9.17, 15) is 22.0 Å². The molecule has 0 N–H and O–H groups in total. The second-order valence-corrected chi connectivity index (χ2v) is 9.72. The maximum absolute atomic E-state index is 13.5. The number of ether oxygens (including phenoxy) is 1. The van der Waals surface area contributed by atoms with Gasteiger partial charge in [-0.1, -0.05) is 0 Å². The van der Waals surface area contributed by atoms with Gasteiger partial charge in [-0.05, 0) is 31.4 Å². The first-order valence-corrected chi connectivity index (χ1v) is 11.7. The lowest BCUT2D eigenvalue weighted by molar-refractivity contribution is -0.132. The van der Waals surface area contributed by atoms with Crippen LogP contribution in [-0.4, -0.2) is 87.0 Å². The Kier molecular flexibility index (Phi) is 7.78. The van der Waals surface area contributed by atoms with Crippen LogP contribution in [-0.2, 0) is 19.6 Å². The highest BCUT2D eigenvalue weighted by molar-refractivity contribution is 7.89. The molecule has 2 fully saturated rings. The maximum Gasteiger partial charge on any atom is 0.243 e. The number of amides is 1. The zero-order chi connectivity index (χ0) is 21.7. The zero-order valence-corrected chi connectivity index (χ0v) is 18.0. The molecule has 3 rings (SSSR count). The third-order valence-electron chi connectivity index (χ3n) is 5.66. The molecule has 2 saturated heterocycles. The lowest BCUT2D eigenvalue weighted by atomic mass is 10.1. The van der Waals surface area contributed by atoms with Crippen LogP contribution in [0, 0.1) is 11.6 Å². The minimum Gasteiger partial charge on any atom is -0.379 e. The molecule has 0 bridgehead atoms. The monoisotopic (exact) mass is 445 g/mol. The Morgan fingerprint density at radius 2 is 1.83 bits per heavy atom. The number of carbonyl (C=O) groups is 1. The number of morpholine rings is 1. The second-order valence-electron chi connectivity index (χ2n) is 7.78. The summed E-state index contributed by atoms with van der Waals surface area (Å²) < 4.78 is 59.5. The van der Waals surface area contributed by atoms with E-state index in [1.165, 1.54) is 11.2 Å². The Hall–Kier alpha value is -1.62. The van der Waals surface area contributed by atoms with Crippen molar-refractivity contribution in [2.45, 2.75) is 37.1 Å². The number of rotatable bonds is 7. The minimum atomic E-state index is -4.04. The molecule has 30 heavy (non-hydrogen) atoms. The van der Waals surface area contributed by atoms with E-state index in [0.717, 1.165) is 38.2 Å². The van der Waals surface area contributed by atoms with Gasteiger partial charge in [-0.2, -0.15) is 4.31 Å². The molecule has 2 aliphatic heterocycles. The van der Waals surface area contributed by atoms with E-state index in [1.54, 1.807) is 4.90 Å². The van der Waals surface area contributed by atoms with Crippen LogP contribution < -0.4 is 0 Å². The average Bonchev–Trinajstić information content (AvgIpc) is 2.71.